The molecule has 0 aromatic carbocycles. The van der Waals surface area contributed by atoms with Gasteiger partial charge in [-0.2, -0.15) is 10.2 Å². The standard InChI is InChI=1S/C33H45FN8O2S/c1-7-10-20-29(39-44-30(20)33(3)13-8-12-25-28(33)21(16-35)31(36)45-25)32-37-26(42-17-22(34)24(18-42)40(4)5)15-27(38-32)43-19(2)23-11-9-14-41(23)6/h15,19,22-24H,7-14,17-18,36H2,1-6H3/t19-,22-,23-,24+,33-/m0/s1. The van der Waals surface area contributed by atoms with Crippen LogP contribution in [0.5, 0.6) is 5.88 Å². The largest absolute Gasteiger partial charge is 0.473 e. The molecule has 3 aromatic rings. The summed E-state index contributed by atoms with van der Waals surface area (Å²) < 4.78 is 27.9. The minimum Gasteiger partial charge on any atom is -0.473 e. The van der Waals surface area contributed by atoms with Crippen molar-refractivity contribution in [2.45, 2.75) is 95.5 Å². The van der Waals surface area contributed by atoms with Crippen LogP contribution in [0.4, 0.5) is 15.2 Å². The summed E-state index contributed by atoms with van der Waals surface area (Å²) in [4.78, 5) is 17.3. The molecular weight excluding hydrogens is 591 g/mol. The van der Waals surface area contributed by atoms with Crippen molar-refractivity contribution in [3.8, 4) is 23.5 Å². The van der Waals surface area contributed by atoms with Gasteiger partial charge in [0, 0.05) is 29.1 Å². The van der Waals surface area contributed by atoms with Crippen LogP contribution < -0.4 is 15.4 Å². The van der Waals surface area contributed by atoms with E-state index >= 15 is 4.39 Å². The van der Waals surface area contributed by atoms with Gasteiger partial charge in [0.1, 0.15) is 29.2 Å². The molecule has 2 aliphatic heterocycles. The number of nitriles is 1. The van der Waals surface area contributed by atoms with Crippen LogP contribution in [0.15, 0.2) is 10.6 Å². The molecule has 0 saturated carbocycles. The number of anilines is 2. The fourth-order valence-electron chi connectivity index (χ4n) is 7.68. The van der Waals surface area contributed by atoms with Crippen LogP contribution >= 0.6 is 11.3 Å². The van der Waals surface area contributed by atoms with Gasteiger partial charge in [0.15, 0.2) is 17.3 Å². The van der Waals surface area contributed by atoms with Gasteiger partial charge in [-0.3, -0.25) is 4.90 Å². The highest BCUT2D eigenvalue weighted by molar-refractivity contribution is 7.16. The summed E-state index contributed by atoms with van der Waals surface area (Å²) in [6, 6.07) is 4.25. The average molecular weight is 637 g/mol. The van der Waals surface area contributed by atoms with Gasteiger partial charge in [0.25, 0.3) is 0 Å². The highest BCUT2D eigenvalue weighted by Crippen LogP contribution is 2.50. The molecule has 0 spiro atoms. The van der Waals surface area contributed by atoms with E-state index in [1.54, 1.807) is 0 Å². The van der Waals surface area contributed by atoms with Gasteiger partial charge in [-0.05, 0) is 85.6 Å². The number of rotatable bonds is 9. The molecule has 2 N–H and O–H groups in total. The van der Waals surface area contributed by atoms with Crippen molar-refractivity contribution in [3.63, 3.8) is 0 Å². The molecule has 242 valence electrons. The monoisotopic (exact) mass is 636 g/mol. The zero-order valence-electron chi connectivity index (χ0n) is 27.3. The fraction of sp³-hybridized carbons (Fsp3) is 0.636. The van der Waals surface area contributed by atoms with Crippen LogP contribution in [0.1, 0.15) is 80.2 Å². The first-order valence-corrected chi connectivity index (χ1v) is 17.0. The first-order chi connectivity index (χ1) is 21.5. The second-order valence-corrected chi connectivity index (χ2v) is 14.5. The van der Waals surface area contributed by atoms with E-state index in [4.69, 9.17) is 25.0 Å². The first kappa shape index (κ1) is 31.7. The summed E-state index contributed by atoms with van der Waals surface area (Å²) in [6.45, 7) is 8.14. The molecule has 0 amide bonds. The van der Waals surface area contributed by atoms with Crippen LogP contribution in [0.3, 0.4) is 0 Å². The number of alkyl halides is 1. The summed E-state index contributed by atoms with van der Waals surface area (Å²) >= 11 is 1.51. The normalized spacial score (nSPS) is 25.9. The van der Waals surface area contributed by atoms with Crippen LogP contribution in [0.2, 0.25) is 0 Å². The number of nitrogen functional groups attached to an aromatic ring is 1. The van der Waals surface area contributed by atoms with Crippen molar-refractivity contribution in [3.05, 3.63) is 33.4 Å². The Morgan fingerprint density at radius 1 is 1.31 bits per heavy atom. The van der Waals surface area contributed by atoms with E-state index in [0.29, 0.717) is 46.7 Å². The molecule has 10 nitrogen and oxygen atoms in total. The molecule has 0 bridgehead atoms. The number of halogens is 1. The zero-order valence-corrected chi connectivity index (χ0v) is 28.1. The number of hydrogen-bond acceptors (Lipinski definition) is 11. The molecule has 3 aliphatic rings. The maximum Gasteiger partial charge on any atom is 0.219 e. The summed E-state index contributed by atoms with van der Waals surface area (Å²) in [5, 5.41) is 15.2. The number of aryl methyl sites for hydroxylation is 1. The summed E-state index contributed by atoms with van der Waals surface area (Å²) in [6.07, 6.45) is 5.33. The number of ether oxygens (including phenoxy) is 1. The average Bonchev–Trinajstić information content (AvgIpc) is 3.78. The van der Waals surface area contributed by atoms with Gasteiger partial charge in [-0.1, -0.05) is 18.5 Å². The molecule has 2 saturated heterocycles. The minimum absolute atomic E-state index is 0.0915. The van der Waals surface area contributed by atoms with E-state index < -0.39 is 11.6 Å². The third kappa shape index (κ3) is 5.68. The molecular formula is C33H45FN8O2S. The molecule has 6 rings (SSSR count). The van der Waals surface area contributed by atoms with Crippen LogP contribution in [-0.4, -0.2) is 90.1 Å². The van der Waals surface area contributed by atoms with Crippen molar-refractivity contribution in [2.75, 3.05) is 51.4 Å². The van der Waals surface area contributed by atoms with E-state index in [1.165, 1.54) is 11.3 Å². The molecule has 5 atom stereocenters. The first-order valence-electron chi connectivity index (χ1n) is 16.2. The van der Waals surface area contributed by atoms with Gasteiger partial charge < -0.3 is 24.8 Å². The predicted octanol–water partition coefficient (Wildman–Crippen LogP) is 5.19. The lowest BCUT2D eigenvalue weighted by atomic mass is 9.69. The quantitative estimate of drug-likeness (QED) is 0.336. The zero-order chi connectivity index (χ0) is 32.0. The van der Waals surface area contributed by atoms with E-state index in [9.17, 15) is 5.26 Å². The van der Waals surface area contributed by atoms with Crippen LogP contribution in [0.25, 0.3) is 11.5 Å². The smallest absolute Gasteiger partial charge is 0.219 e. The Kier molecular flexibility index (Phi) is 8.80. The fourth-order valence-corrected chi connectivity index (χ4v) is 8.87. The second kappa shape index (κ2) is 12.5. The minimum atomic E-state index is -1.00. The molecule has 5 heterocycles. The Hall–Kier alpha value is -3.27. The Morgan fingerprint density at radius 3 is 2.78 bits per heavy atom. The Balaban J connectivity index is 1.45. The topological polar surface area (TPSA) is 121 Å². The lowest BCUT2D eigenvalue weighted by molar-refractivity contribution is 0.117. The predicted molar refractivity (Wildman–Crippen MR) is 175 cm³/mol. The van der Waals surface area contributed by atoms with Crippen LogP contribution in [0, 0.1) is 11.3 Å². The van der Waals surface area contributed by atoms with Gasteiger partial charge >= 0.3 is 0 Å². The Labute approximate surface area is 269 Å². The number of likely N-dealkylation sites (tertiary alicyclic amines) is 1. The molecule has 0 radical (unpaired) electrons. The number of likely N-dealkylation sites (N-methyl/N-ethyl adjacent to an activating group) is 2. The third-order valence-corrected chi connectivity index (χ3v) is 11.2. The van der Waals surface area contributed by atoms with Gasteiger partial charge in [0.05, 0.1) is 23.6 Å². The molecule has 12 heteroatoms. The maximum absolute atomic E-state index is 15.1. The highest BCUT2D eigenvalue weighted by atomic mass is 32.1. The van der Waals surface area contributed by atoms with Gasteiger partial charge in [-0.25, -0.2) is 9.37 Å². The SMILES string of the molecule is CCCc1c(-c2nc(O[C@@H](C)[C@@H]3CCCN3C)cc(N3C[C@@H](N(C)C)[C@@H](F)C3)n2)noc1[C@@]1(C)CCCc2sc(N)c(C#N)c21. The lowest BCUT2D eigenvalue weighted by Gasteiger charge is -2.33. The van der Waals surface area contributed by atoms with Gasteiger partial charge in [-0.15, -0.1) is 11.3 Å². The Bertz CT molecular complexity index is 1580. The molecule has 2 fully saturated rings. The molecule has 1 aliphatic carbocycles. The third-order valence-electron chi connectivity index (χ3n) is 10.1. The lowest BCUT2D eigenvalue weighted by Crippen LogP contribution is -2.38. The number of nitrogens with two attached hydrogens (primary N) is 1. The number of nitrogens with zero attached hydrogens (tertiary/aromatic N) is 7. The van der Waals surface area contributed by atoms with E-state index in [0.717, 1.165) is 66.8 Å². The van der Waals surface area contributed by atoms with E-state index in [1.807, 2.05) is 30.0 Å². The number of hydrogen-bond donors (Lipinski definition) is 1. The Morgan fingerprint density at radius 2 is 2.11 bits per heavy atom. The van der Waals surface area contributed by atoms with E-state index in [2.05, 4.69) is 43.9 Å². The number of thiophene rings is 1. The van der Waals surface area contributed by atoms with Crippen molar-refractivity contribution >= 4 is 22.2 Å². The van der Waals surface area contributed by atoms with Crippen molar-refractivity contribution < 1.29 is 13.7 Å². The maximum atomic E-state index is 15.1. The summed E-state index contributed by atoms with van der Waals surface area (Å²) in [5.74, 6) is 2.21. The second-order valence-electron chi connectivity index (χ2n) is 13.4. The van der Waals surface area contributed by atoms with E-state index in [-0.39, 0.29) is 24.7 Å². The molecule has 0 unspecified atom stereocenters. The van der Waals surface area contributed by atoms with Crippen molar-refractivity contribution in [1.82, 2.24) is 24.9 Å². The molecule has 45 heavy (non-hydrogen) atoms. The number of aromatic nitrogens is 3. The highest BCUT2D eigenvalue weighted by Gasteiger charge is 2.44. The summed E-state index contributed by atoms with van der Waals surface area (Å²) in [7, 11) is 5.94. The van der Waals surface area contributed by atoms with Crippen molar-refractivity contribution in [1.29, 1.82) is 5.26 Å². The van der Waals surface area contributed by atoms with Gasteiger partial charge in [0.2, 0.25) is 5.88 Å². The summed E-state index contributed by atoms with van der Waals surface area (Å²) in [5.41, 5.74) is 8.78. The van der Waals surface area contributed by atoms with Crippen LogP contribution in [-0.2, 0) is 18.3 Å². The molecule has 3 aromatic heterocycles. The van der Waals surface area contributed by atoms with Crippen molar-refractivity contribution in [2.24, 2.45) is 0 Å². The number of fused-ring (bicyclic) bond motifs is 1.